The molecule has 0 bridgehead atoms. The third-order valence-electron chi connectivity index (χ3n) is 2.83. The lowest BCUT2D eigenvalue weighted by molar-refractivity contribution is -0.122. The molecule has 1 unspecified atom stereocenters. The quantitative estimate of drug-likeness (QED) is 0.763. The number of terminal acetylenes is 1. The third kappa shape index (κ3) is 3.18. The Bertz CT molecular complexity index is 508. The highest BCUT2D eigenvalue weighted by Gasteiger charge is 2.18. The fourth-order valence-electron chi connectivity index (χ4n) is 1.78. The van der Waals surface area contributed by atoms with Crippen molar-refractivity contribution in [2.75, 3.05) is 13.3 Å². The number of benzene rings is 1. The summed E-state index contributed by atoms with van der Waals surface area (Å²) in [6.07, 6.45) is 5.09. The van der Waals surface area contributed by atoms with E-state index in [0.29, 0.717) is 6.54 Å². The van der Waals surface area contributed by atoms with Crippen molar-refractivity contribution in [3.8, 4) is 23.8 Å². The van der Waals surface area contributed by atoms with Crippen molar-refractivity contribution in [3.63, 3.8) is 0 Å². The maximum Gasteiger partial charge on any atom is 0.237 e. The molecule has 5 heteroatoms. The average Bonchev–Trinajstić information content (AvgIpc) is 2.90. The Morgan fingerprint density at radius 1 is 1.53 bits per heavy atom. The lowest BCUT2D eigenvalue weighted by Crippen LogP contribution is -2.41. The molecule has 19 heavy (non-hydrogen) atoms. The van der Waals surface area contributed by atoms with Gasteiger partial charge in [0.1, 0.15) is 0 Å². The van der Waals surface area contributed by atoms with Gasteiger partial charge in [-0.3, -0.25) is 4.79 Å². The fraction of sp³-hybridized carbons (Fsp3) is 0.357. The van der Waals surface area contributed by atoms with Crippen molar-refractivity contribution < 1.29 is 14.3 Å². The van der Waals surface area contributed by atoms with Crippen LogP contribution in [-0.2, 0) is 11.3 Å². The number of hydrogen-bond acceptors (Lipinski definition) is 4. The van der Waals surface area contributed by atoms with Crippen molar-refractivity contribution in [1.82, 2.24) is 10.6 Å². The molecule has 0 aromatic heterocycles. The van der Waals surface area contributed by atoms with Crippen molar-refractivity contribution in [1.29, 1.82) is 0 Å². The second kappa shape index (κ2) is 6.12. The first-order chi connectivity index (χ1) is 9.22. The molecule has 1 amide bonds. The highest BCUT2D eigenvalue weighted by Crippen LogP contribution is 2.35. The summed E-state index contributed by atoms with van der Waals surface area (Å²) < 4.78 is 10.7. The van der Waals surface area contributed by atoms with Gasteiger partial charge in [0, 0.05) is 12.1 Å². The van der Waals surface area contributed by atoms with Crippen LogP contribution in [0.15, 0.2) is 18.2 Å². The Labute approximate surface area is 112 Å². The molecule has 1 aliphatic heterocycles. The molecule has 1 aromatic carbocycles. The molecule has 1 aromatic rings. The summed E-state index contributed by atoms with van der Waals surface area (Å²) in [7, 11) is 0. The van der Waals surface area contributed by atoms with Crippen molar-refractivity contribution >= 4 is 5.91 Å². The first kappa shape index (κ1) is 13.2. The zero-order valence-corrected chi connectivity index (χ0v) is 10.7. The molecule has 2 rings (SSSR count). The van der Waals surface area contributed by atoms with E-state index >= 15 is 0 Å². The van der Waals surface area contributed by atoms with Gasteiger partial charge in [-0.2, -0.15) is 0 Å². The summed E-state index contributed by atoms with van der Waals surface area (Å²) in [6.45, 7) is 2.79. The Kier molecular flexibility index (Phi) is 4.26. The molecule has 0 aliphatic carbocycles. The van der Waals surface area contributed by atoms with E-state index in [2.05, 4.69) is 16.6 Å². The fourth-order valence-corrected chi connectivity index (χ4v) is 1.78. The van der Waals surface area contributed by atoms with Gasteiger partial charge in [-0.15, -0.1) is 6.42 Å². The minimum absolute atomic E-state index is 0.123. The first-order valence-corrected chi connectivity index (χ1v) is 6.04. The molecule has 2 N–H and O–H groups in total. The summed E-state index contributed by atoms with van der Waals surface area (Å²) >= 11 is 0. The van der Waals surface area contributed by atoms with Crippen LogP contribution in [0.2, 0.25) is 0 Å². The normalized spacial score (nSPS) is 13.7. The number of para-hydroxylation sites is 1. The Morgan fingerprint density at radius 3 is 3.16 bits per heavy atom. The highest BCUT2D eigenvalue weighted by molar-refractivity contribution is 5.81. The van der Waals surface area contributed by atoms with Gasteiger partial charge < -0.3 is 20.1 Å². The lowest BCUT2D eigenvalue weighted by atomic mass is 10.1. The van der Waals surface area contributed by atoms with Crippen LogP contribution < -0.4 is 20.1 Å². The molecule has 0 saturated heterocycles. The van der Waals surface area contributed by atoms with Gasteiger partial charge in [0.15, 0.2) is 11.5 Å². The van der Waals surface area contributed by atoms with E-state index in [9.17, 15) is 4.79 Å². The third-order valence-corrected chi connectivity index (χ3v) is 2.83. The summed E-state index contributed by atoms with van der Waals surface area (Å²) in [5.74, 6) is 3.72. The summed E-state index contributed by atoms with van der Waals surface area (Å²) in [6, 6.07) is 5.36. The molecular formula is C14H16N2O3. The summed E-state index contributed by atoms with van der Waals surface area (Å²) in [5.41, 5.74) is 0.964. The van der Waals surface area contributed by atoms with Gasteiger partial charge in [0.2, 0.25) is 12.7 Å². The van der Waals surface area contributed by atoms with Crippen LogP contribution in [0.3, 0.4) is 0 Å². The van der Waals surface area contributed by atoms with Crippen molar-refractivity contribution in [3.05, 3.63) is 23.8 Å². The van der Waals surface area contributed by atoms with Gasteiger partial charge in [-0.05, 0) is 13.0 Å². The van der Waals surface area contributed by atoms with Gasteiger partial charge in [0.05, 0.1) is 12.6 Å². The molecule has 0 radical (unpaired) electrons. The standard InChI is InChI=1S/C14H16N2O3/c1-3-7-15-14(17)10(2)16-8-11-5-4-6-12-13(11)19-9-18-12/h1,4-6,10,16H,7-9H2,2H3,(H,15,17). The lowest BCUT2D eigenvalue weighted by Gasteiger charge is -2.13. The van der Waals surface area contributed by atoms with Crippen LogP contribution >= 0.6 is 0 Å². The maximum atomic E-state index is 11.6. The summed E-state index contributed by atoms with van der Waals surface area (Å²) in [5, 5.41) is 5.75. The van der Waals surface area contributed by atoms with Crippen LogP contribution in [0.4, 0.5) is 0 Å². The Morgan fingerprint density at radius 2 is 2.37 bits per heavy atom. The molecule has 1 atom stereocenters. The minimum Gasteiger partial charge on any atom is -0.454 e. The van der Waals surface area contributed by atoms with Crippen molar-refractivity contribution in [2.45, 2.75) is 19.5 Å². The number of nitrogens with one attached hydrogen (secondary N) is 2. The van der Waals surface area contributed by atoms with E-state index in [1.807, 2.05) is 18.2 Å². The maximum absolute atomic E-state index is 11.6. The number of fused-ring (bicyclic) bond motifs is 1. The predicted octanol–water partition coefficient (Wildman–Crippen LogP) is 0.643. The molecule has 1 aliphatic rings. The number of amides is 1. The molecule has 0 spiro atoms. The van der Waals surface area contributed by atoms with Crippen LogP contribution in [-0.4, -0.2) is 25.3 Å². The van der Waals surface area contributed by atoms with E-state index in [1.165, 1.54) is 0 Å². The monoisotopic (exact) mass is 260 g/mol. The molecule has 5 nitrogen and oxygen atoms in total. The predicted molar refractivity (Wildman–Crippen MR) is 70.7 cm³/mol. The second-order valence-corrected chi connectivity index (χ2v) is 4.18. The molecule has 0 saturated carbocycles. The van der Waals surface area contributed by atoms with Crippen molar-refractivity contribution in [2.24, 2.45) is 0 Å². The molecule has 0 fully saturated rings. The number of carbonyl (C=O) groups excluding carboxylic acids is 1. The highest BCUT2D eigenvalue weighted by atomic mass is 16.7. The van der Waals surface area contributed by atoms with Gasteiger partial charge >= 0.3 is 0 Å². The van der Waals surface area contributed by atoms with Crippen LogP contribution in [0.1, 0.15) is 12.5 Å². The molecular weight excluding hydrogens is 244 g/mol. The SMILES string of the molecule is C#CCNC(=O)C(C)NCc1cccc2c1OCO2. The van der Waals surface area contributed by atoms with Crippen LogP contribution in [0.25, 0.3) is 0 Å². The number of rotatable bonds is 5. The first-order valence-electron chi connectivity index (χ1n) is 6.04. The molecule has 1 heterocycles. The Balaban J connectivity index is 1.91. The largest absolute Gasteiger partial charge is 0.454 e. The van der Waals surface area contributed by atoms with Crippen LogP contribution in [0, 0.1) is 12.3 Å². The topological polar surface area (TPSA) is 59.6 Å². The Hall–Kier alpha value is -2.19. The van der Waals surface area contributed by atoms with Gasteiger partial charge in [-0.25, -0.2) is 0 Å². The zero-order valence-electron chi connectivity index (χ0n) is 10.7. The van der Waals surface area contributed by atoms with E-state index in [-0.39, 0.29) is 25.3 Å². The van der Waals surface area contributed by atoms with Crippen LogP contribution in [0.5, 0.6) is 11.5 Å². The van der Waals surface area contributed by atoms with E-state index in [0.717, 1.165) is 17.1 Å². The second-order valence-electron chi connectivity index (χ2n) is 4.18. The van der Waals surface area contributed by atoms with Gasteiger partial charge in [-0.1, -0.05) is 18.1 Å². The zero-order chi connectivity index (χ0) is 13.7. The van der Waals surface area contributed by atoms with E-state index in [1.54, 1.807) is 6.92 Å². The number of hydrogen-bond donors (Lipinski definition) is 2. The van der Waals surface area contributed by atoms with E-state index < -0.39 is 0 Å². The van der Waals surface area contributed by atoms with Gasteiger partial charge in [0.25, 0.3) is 0 Å². The number of carbonyl (C=O) groups is 1. The molecule has 100 valence electrons. The minimum atomic E-state index is -0.327. The summed E-state index contributed by atoms with van der Waals surface area (Å²) in [4.78, 5) is 11.6. The average molecular weight is 260 g/mol. The smallest absolute Gasteiger partial charge is 0.237 e. The number of ether oxygens (including phenoxy) is 2. The van der Waals surface area contributed by atoms with E-state index in [4.69, 9.17) is 15.9 Å².